The molecule has 0 aromatic carbocycles. The van der Waals surface area contributed by atoms with Crippen molar-refractivity contribution in [2.75, 3.05) is 20.1 Å². The van der Waals surface area contributed by atoms with Crippen molar-refractivity contribution in [3.63, 3.8) is 0 Å². The number of hydrogen-bond acceptors (Lipinski definition) is 5. The number of nitrogens with one attached hydrogen (secondary N) is 1. The minimum absolute atomic E-state index is 0.0379. The molecule has 1 atom stereocenters. The first-order valence-electron chi connectivity index (χ1n) is 7.54. The molecule has 5 nitrogen and oxygen atoms in total. The number of nitrogens with zero attached hydrogens (tertiary/aromatic N) is 3. The Labute approximate surface area is 128 Å². The van der Waals surface area contributed by atoms with Gasteiger partial charge in [-0.3, -0.25) is 14.1 Å². The summed E-state index contributed by atoms with van der Waals surface area (Å²) in [6.45, 7) is 4.81. The number of likely N-dealkylation sites (N-methyl/N-ethyl adjacent to an activating group) is 1. The zero-order valence-corrected chi connectivity index (χ0v) is 13.4. The van der Waals surface area contributed by atoms with Gasteiger partial charge in [-0.1, -0.05) is 6.42 Å². The van der Waals surface area contributed by atoms with Crippen molar-refractivity contribution in [2.24, 2.45) is 0 Å². The molecule has 0 spiro atoms. The molecular formula is C15H22N4OS. The second-order valence-electron chi connectivity index (χ2n) is 5.76. The van der Waals surface area contributed by atoms with Crippen molar-refractivity contribution in [1.29, 1.82) is 0 Å². The van der Waals surface area contributed by atoms with Crippen molar-refractivity contribution in [3.05, 3.63) is 33.2 Å². The van der Waals surface area contributed by atoms with Crippen LogP contribution in [0.2, 0.25) is 0 Å². The summed E-state index contributed by atoms with van der Waals surface area (Å²) >= 11 is 1.54. The van der Waals surface area contributed by atoms with Crippen LogP contribution in [-0.2, 0) is 6.54 Å². The van der Waals surface area contributed by atoms with Gasteiger partial charge < -0.3 is 5.32 Å². The molecule has 0 saturated carbocycles. The van der Waals surface area contributed by atoms with Crippen LogP contribution in [0, 0.1) is 6.92 Å². The van der Waals surface area contributed by atoms with Gasteiger partial charge in [-0.25, -0.2) is 4.98 Å². The first-order chi connectivity index (χ1) is 10.2. The summed E-state index contributed by atoms with van der Waals surface area (Å²) in [5.41, 5.74) is 1.89. The molecule has 1 N–H and O–H groups in total. The lowest BCUT2D eigenvalue weighted by atomic mass is 10.0. The first kappa shape index (κ1) is 14.7. The minimum atomic E-state index is 0.0379. The Morgan fingerprint density at radius 1 is 1.48 bits per heavy atom. The van der Waals surface area contributed by atoms with E-state index in [1.807, 2.05) is 19.4 Å². The fraction of sp³-hybridized carbons (Fsp3) is 0.600. The SMILES string of the molecule is CNCC1CCCCN1Cc1cc(=O)n2c(C)csc2n1. The zero-order valence-electron chi connectivity index (χ0n) is 12.6. The molecule has 114 valence electrons. The predicted molar refractivity (Wildman–Crippen MR) is 86.1 cm³/mol. The highest BCUT2D eigenvalue weighted by Crippen LogP contribution is 2.19. The maximum atomic E-state index is 12.2. The normalized spacial score (nSPS) is 20.2. The molecule has 21 heavy (non-hydrogen) atoms. The largest absolute Gasteiger partial charge is 0.318 e. The van der Waals surface area contributed by atoms with Crippen LogP contribution in [0.3, 0.4) is 0 Å². The van der Waals surface area contributed by atoms with Gasteiger partial charge in [0.2, 0.25) is 0 Å². The Balaban J connectivity index is 1.85. The van der Waals surface area contributed by atoms with Gasteiger partial charge in [0, 0.05) is 36.3 Å². The van der Waals surface area contributed by atoms with E-state index in [1.165, 1.54) is 30.6 Å². The minimum Gasteiger partial charge on any atom is -0.318 e. The van der Waals surface area contributed by atoms with Crippen molar-refractivity contribution < 1.29 is 0 Å². The van der Waals surface area contributed by atoms with Crippen LogP contribution in [0.1, 0.15) is 30.7 Å². The van der Waals surface area contributed by atoms with Crippen molar-refractivity contribution >= 4 is 16.3 Å². The van der Waals surface area contributed by atoms with Crippen LogP contribution >= 0.6 is 11.3 Å². The number of rotatable bonds is 4. The molecule has 0 bridgehead atoms. The molecule has 3 heterocycles. The molecule has 1 aliphatic heterocycles. The number of hydrogen-bond donors (Lipinski definition) is 1. The summed E-state index contributed by atoms with van der Waals surface area (Å²) in [6, 6.07) is 2.24. The Kier molecular flexibility index (Phi) is 4.37. The first-order valence-corrected chi connectivity index (χ1v) is 8.42. The Morgan fingerprint density at radius 2 is 2.33 bits per heavy atom. The highest BCUT2D eigenvalue weighted by atomic mass is 32.1. The second kappa shape index (κ2) is 6.25. The topological polar surface area (TPSA) is 49.6 Å². The molecule has 0 amide bonds. The Hall–Kier alpha value is -1.24. The summed E-state index contributed by atoms with van der Waals surface area (Å²) in [7, 11) is 2.00. The standard InChI is InChI=1S/C15H22N4OS/c1-11-10-21-15-17-12(7-14(20)19(11)15)9-18-6-4-3-5-13(18)8-16-2/h7,10,13,16H,3-6,8-9H2,1-2H3. The van der Waals surface area contributed by atoms with E-state index in [1.54, 1.807) is 10.5 Å². The van der Waals surface area contributed by atoms with E-state index >= 15 is 0 Å². The smallest absolute Gasteiger partial charge is 0.259 e. The van der Waals surface area contributed by atoms with E-state index < -0.39 is 0 Å². The Bertz CT molecular complexity index is 676. The number of aromatic nitrogens is 2. The molecule has 1 aliphatic rings. The third kappa shape index (κ3) is 3.02. The van der Waals surface area contributed by atoms with Gasteiger partial charge in [-0.05, 0) is 33.4 Å². The van der Waals surface area contributed by atoms with Crippen molar-refractivity contribution in [2.45, 2.75) is 38.8 Å². The van der Waals surface area contributed by atoms with Gasteiger partial charge in [0.05, 0.1) is 5.69 Å². The summed E-state index contributed by atoms with van der Waals surface area (Å²) in [5, 5.41) is 5.26. The van der Waals surface area contributed by atoms with E-state index in [0.29, 0.717) is 6.04 Å². The average molecular weight is 306 g/mol. The molecular weight excluding hydrogens is 284 g/mol. The van der Waals surface area contributed by atoms with Gasteiger partial charge in [-0.2, -0.15) is 0 Å². The lowest BCUT2D eigenvalue weighted by Crippen LogP contribution is -2.44. The highest BCUT2D eigenvalue weighted by Gasteiger charge is 2.22. The van der Waals surface area contributed by atoms with E-state index in [4.69, 9.17) is 0 Å². The monoisotopic (exact) mass is 306 g/mol. The fourth-order valence-corrected chi connectivity index (χ4v) is 4.02. The lowest BCUT2D eigenvalue weighted by molar-refractivity contribution is 0.137. The summed E-state index contributed by atoms with van der Waals surface area (Å²) in [4.78, 5) is 20.2. The molecule has 1 saturated heterocycles. The molecule has 0 radical (unpaired) electrons. The van der Waals surface area contributed by atoms with E-state index in [0.717, 1.165) is 36.0 Å². The maximum Gasteiger partial charge on any atom is 0.259 e. The van der Waals surface area contributed by atoms with Crippen LogP contribution in [0.4, 0.5) is 0 Å². The van der Waals surface area contributed by atoms with Crippen LogP contribution in [0.15, 0.2) is 16.2 Å². The molecule has 2 aromatic heterocycles. The number of piperidine rings is 1. The fourth-order valence-electron chi connectivity index (χ4n) is 3.12. The summed E-state index contributed by atoms with van der Waals surface area (Å²) in [6.07, 6.45) is 3.75. The molecule has 0 aliphatic carbocycles. The third-order valence-electron chi connectivity index (χ3n) is 4.18. The van der Waals surface area contributed by atoms with Crippen LogP contribution in [0.25, 0.3) is 4.96 Å². The number of fused-ring (bicyclic) bond motifs is 1. The molecule has 6 heteroatoms. The van der Waals surface area contributed by atoms with Gasteiger partial charge in [0.1, 0.15) is 0 Å². The molecule has 1 fully saturated rings. The number of aryl methyl sites for hydroxylation is 1. The maximum absolute atomic E-state index is 12.2. The lowest BCUT2D eigenvalue weighted by Gasteiger charge is -2.35. The molecule has 1 unspecified atom stereocenters. The van der Waals surface area contributed by atoms with E-state index in [-0.39, 0.29) is 5.56 Å². The van der Waals surface area contributed by atoms with Crippen LogP contribution in [-0.4, -0.2) is 40.5 Å². The van der Waals surface area contributed by atoms with Gasteiger partial charge in [0.15, 0.2) is 4.96 Å². The van der Waals surface area contributed by atoms with Crippen LogP contribution < -0.4 is 10.9 Å². The van der Waals surface area contributed by atoms with Gasteiger partial charge >= 0.3 is 0 Å². The quantitative estimate of drug-likeness (QED) is 0.933. The second-order valence-corrected chi connectivity index (χ2v) is 6.60. The Morgan fingerprint density at radius 3 is 3.14 bits per heavy atom. The predicted octanol–water partition coefficient (Wildman–Crippen LogP) is 1.64. The van der Waals surface area contributed by atoms with Crippen molar-refractivity contribution in [3.8, 4) is 0 Å². The van der Waals surface area contributed by atoms with Crippen LogP contribution in [0.5, 0.6) is 0 Å². The molecule has 3 rings (SSSR count). The van der Waals surface area contributed by atoms with Gasteiger partial charge in [0.25, 0.3) is 5.56 Å². The summed E-state index contributed by atoms with van der Waals surface area (Å²) < 4.78 is 1.69. The summed E-state index contributed by atoms with van der Waals surface area (Å²) in [5.74, 6) is 0. The molecule has 2 aromatic rings. The van der Waals surface area contributed by atoms with E-state index in [9.17, 15) is 4.79 Å². The van der Waals surface area contributed by atoms with E-state index in [2.05, 4.69) is 15.2 Å². The number of thiazole rings is 1. The number of likely N-dealkylation sites (tertiary alicyclic amines) is 1. The van der Waals surface area contributed by atoms with Crippen molar-refractivity contribution in [1.82, 2.24) is 19.6 Å². The van der Waals surface area contributed by atoms with Gasteiger partial charge in [-0.15, -0.1) is 11.3 Å². The zero-order chi connectivity index (χ0) is 14.8. The average Bonchev–Trinajstić information content (AvgIpc) is 2.83. The highest BCUT2D eigenvalue weighted by molar-refractivity contribution is 7.15. The third-order valence-corrected chi connectivity index (χ3v) is 5.13.